The first kappa shape index (κ1) is 18.9. The maximum absolute atomic E-state index is 13.7. The van der Waals surface area contributed by atoms with Gasteiger partial charge < -0.3 is 9.72 Å². The Hall–Kier alpha value is -2.47. The second kappa shape index (κ2) is 7.19. The van der Waals surface area contributed by atoms with E-state index >= 15 is 0 Å². The van der Waals surface area contributed by atoms with Gasteiger partial charge in [0.1, 0.15) is 5.82 Å². The summed E-state index contributed by atoms with van der Waals surface area (Å²) in [5.74, 6) is -2.46. The van der Waals surface area contributed by atoms with E-state index in [-0.39, 0.29) is 22.1 Å². The molecule has 0 bridgehead atoms. The number of H-pyrrole nitrogens is 1. The van der Waals surface area contributed by atoms with Gasteiger partial charge in [-0.3, -0.25) is 9.59 Å². The molecule has 1 atom stereocenters. The molecule has 0 aliphatic carbocycles. The molecular weight excluding hydrogens is 349 g/mol. The molecule has 0 aliphatic heterocycles. The van der Waals surface area contributed by atoms with Gasteiger partial charge in [0.2, 0.25) is 5.78 Å². The van der Waals surface area contributed by atoms with E-state index in [2.05, 4.69) is 4.98 Å². The summed E-state index contributed by atoms with van der Waals surface area (Å²) < 4.78 is 18.8. The number of hydrogen-bond donors (Lipinski definition) is 1. The van der Waals surface area contributed by atoms with Gasteiger partial charge in [0, 0.05) is 16.3 Å². The molecule has 1 heterocycles. The number of aromatic amines is 1. The third-order valence-electron chi connectivity index (χ3n) is 3.84. The molecule has 132 valence electrons. The van der Waals surface area contributed by atoms with Crippen molar-refractivity contribution in [3.8, 4) is 0 Å². The minimum absolute atomic E-state index is 0.170. The van der Waals surface area contributed by atoms with E-state index in [0.29, 0.717) is 16.8 Å². The number of aromatic nitrogens is 1. The zero-order valence-corrected chi connectivity index (χ0v) is 15.0. The van der Waals surface area contributed by atoms with E-state index in [1.54, 1.807) is 13.8 Å². The second-order valence-electron chi connectivity index (χ2n) is 5.72. The smallest absolute Gasteiger partial charge is 0.341 e. The molecule has 5 nitrogen and oxygen atoms in total. The lowest BCUT2D eigenvalue weighted by atomic mass is 10.0. The molecule has 0 radical (unpaired) electrons. The average molecular weight is 366 g/mol. The van der Waals surface area contributed by atoms with E-state index in [9.17, 15) is 18.8 Å². The third-order valence-corrected chi connectivity index (χ3v) is 4.07. The number of Topliss-reactive ketones (excluding diaryl/α,β-unsaturated/α-hetero) is 2. The zero-order chi connectivity index (χ0) is 18.9. The summed E-state index contributed by atoms with van der Waals surface area (Å²) in [5, 5.41) is 0.175. The molecule has 0 spiro atoms. The molecule has 0 saturated carbocycles. The Morgan fingerprint density at radius 2 is 1.88 bits per heavy atom. The highest BCUT2D eigenvalue weighted by molar-refractivity contribution is 6.30. The lowest BCUT2D eigenvalue weighted by molar-refractivity contribution is 0.0312. The van der Waals surface area contributed by atoms with Crippen molar-refractivity contribution in [3.63, 3.8) is 0 Å². The maximum atomic E-state index is 13.7. The first-order valence-corrected chi connectivity index (χ1v) is 7.91. The predicted molar refractivity (Wildman–Crippen MR) is 90.9 cm³/mol. The molecule has 25 heavy (non-hydrogen) atoms. The van der Waals surface area contributed by atoms with E-state index in [1.165, 1.54) is 19.9 Å². The van der Waals surface area contributed by atoms with Crippen molar-refractivity contribution in [2.75, 3.05) is 0 Å². The quantitative estimate of drug-likeness (QED) is 0.640. The van der Waals surface area contributed by atoms with Gasteiger partial charge in [-0.1, -0.05) is 11.6 Å². The van der Waals surface area contributed by atoms with Gasteiger partial charge in [-0.05, 0) is 51.5 Å². The Bertz CT molecular complexity index is 872. The highest BCUT2D eigenvalue weighted by atomic mass is 35.5. The standard InChI is InChI=1S/C18H17ClFNO4/c1-8-15(10(3)22)9(2)21-16(8)17(23)11(4)25-18(24)13-7-12(19)5-6-14(13)20/h5-7,11,21H,1-4H3/t11-/m1/s1. The van der Waals surface area contributed by atoms with Crippen LogP contribution in [0.1, 0.15) is 56.3 Å². The van der Waals surface area contributed by atoms with Gasteiger partial charge in [0.15, 0.2) is 11.9 Å². The van der Waals surface area contributed by atoms with Crippen molar-refractivity contribution < 1.29 is 23.5 Å². The van der Waals surface area contributed by atoms with Gasteiger partial charge in [-0.25, -0.2) is 9.18 Å². The summed E-state index contributed by atoms with van der Waals surface area (Å²) in [6, 6.07) is 3.48. The molecule has 0 unspecified atom stereocenters. The number of ketones is 2. The van der Waals surface area contributed by atoms with Crippen LogP contribution in [-0.2, 0) is 4.74 Å². The van der Waals surface area contributed by atoms with Gasteiger partial charge in [-0.15, -0.1) is 0 Å². The number of nitrogens with one attached hydrogen (secondary N) is 1. The van der Waals surface area contributed by atoms with Crippen molar-refractivity contribution >= 4 is 29.1 Å². The molecule has 2 aromatic rings. The van der Waals surface area contributed by atoms with Crippen LogP contribution in [0.15, 0.2) is 18.2 Å². The van der Waals surface area contributed by atoms with Crippen LogP contribution in [0.25, 0.3) is 0 Å². The minimum Gasteiger partial charge on any atom is -0.451 e. The molecule has 7 heteroatoms. The summed E-state index contributed by atoms with van der Waals surface area (Å²) in [7, 11) is 0. The maximum Gasteiger partial charge on any atom is 0.341 e. The number of hydrogen-bond acceptors (Lipinski definition) is 4. The molecule has 0 aliphatic rings. The van der Waals surface area contributed by atoms with Crippen LogP contribution in [0.2, 0.25) is 5.02 Å². The normalized spacial score (nSPS) is 11.9. The molecule has 0 saturated heterocycles. The van der Waals surface area contributed by atoms with E-state index in [4.69, 9.17) is 16.3 Å². The first-order chi connectivity index (χ1) is 11.6. The summed E-state index contributed by atoms with van der Waals surface area (Å²) in [6.45, 7) is 6.10. The Kier molecular flexibility index (Phi) is 5.42. The number of aryl methyl sites for hydroxylation is 1. The Labute approximate surface area is 149 Å². The zero-order valence-electron chi connectivity index (χ0n) is 14.2. The van der Waals surface area contributed by atoms with E-state index in [1.807, 2.05) is 0 Å². The number of rotatable bonds is 5. The second-order valence-corrected chi connectivity index (χ2v) is 6.15. The summed E-state index contributed by atoms with van der Waals surface area (Å²) >= 11 is 5.75. The van der Waals surface area contributed by atoms with Crippen LogP contribution in [-0.4, -0.2) is 28.6 Å². The van der Waals surface area contributed by atoms with Crippen molar-refractivity contribution in [1.29, 1.82) is 0 Å². The summed E-state index contributed by atoms with van der Waals surface area (Å²) in [5.41, 5.74) is 1.33. The topological polar surface area (TPSA) is 76.2 Å². The average Bonchev–Trinajstić information content (AvgIpc) is 2.83. The molecule has 0 fully saturated rings. The highest BCUT2D eigenvalue weighted by Gasteiger charge is 2.27. The third kappa shape index (κ3) is 3.79. The Balaban J connectivity index is 2.24. The van der Waals surface area contributed by atoms with Gasteiger partial charge in [0.25, 0.3) is 0 Å². The number of carbonyl (C=O) groups excluding carboxylic acids is 3. The van der Waals surface area contributed by atoms with E-state index in [0.717, 1.165) is 12.1 Å². The number of esters is 1. The lowest BCUT2D eigenvalue weighted by Gasteiger charge is -2.13. The molecule has 2 rings (SSSR count). The Morgan fingerprint density at radius 1 is 1.24 bits per heavy atom. The first-order valence-electron chi connectivity index (χ1n) is 7.53. The monoisotopic (exact) mass is 365 g/mol. The van der Waals surface area contributed by atoms with Crippen LogP contribution in [0.3, 0.4) is 0 Å². The number of benzene rings is 1. The van der Waals surface area contributed by atoms with Gasteiger partial charge >= 0.3 is 5.97 Å². The number of halogens is 2. The minimum atomic E-state index is -1.16. The lowest BCUT2D eigenvalue weighted by Crippen LogP contribution is -2.25. The Morgan fingerprint density at radius 3 is 2.44 bits per heavy atom. The van der Waals surface area contributed by atoms with Crippen LogP contribution in [0.5, 0.6) is 0 Å². The molecule has 1 N–H and O–H groups in total. The fourth-order valence-corrected chi connectivity index (χ4v) is 2.83. The van der Waals surface area contributed by atoms with Gasteiger partial charge in [-0.2, -0.15) is 0 Å². The molecule has 0 amide bonds. The molecular formula is C18H17ClFNO4. The van der Waals surface area contributed by atoms with Crippen molar-refractivity contribution in [3.05, 3.63) is 57.1 Å². The number of carbonyl (C=O) groups is 3. The van der Waals surface area contributed by atoms with Crippen LogP contribution in [0.4, 0.5) is 4.39 Å². The summed E-state index contributed by atoms with van der Waals surface area (Å²) in [6.07, 6.45) is -1.16. The SMILES string of the molecule is CC(=O)c1c(C)[nH]c(C(=O)[C@@H](C)OC(=O)c2cc(Cl)ccc2F)c1C. The van der Waals surface area contributed by atoms with Crippen LogP contribution >= 0.6 is 11.6 Å². The fraction of sp³-hybridized carbons (Fsp3) is 0.278. The van der Waals surface area contributed by atoms with Crippen molar-refractivity contribution in [1.82, 2.24) is 4.98 Å². The van der Waals surface area contributed by atoms with Crippen molar-refractivity contribution in [2.24, 2.45) is 0 Å². The molecule has 1 aromatic carbocycles. The van der Waals surface area contributed by atoms with E-state index < -0.39 is 23.7 Å². The molecule has 1 aromatic heterocycles. The van der Waals surface area contributed by atoms with Crippen LogP contribution < -0.4 is 0 Å². The fourth-order valence-electron chi connectivity index (χ4n) is 2.66. The summed E-state index contributed by atoms with van der Waals surface area (Å²) in [4.78, 5) is 39.1. The highest BCUT2D eigenvalue weighted by Crippen LogP contribution is 2.21. The van der Waals surface area contributed by atoms with Crippen LogP contribution in [0, 0.1) is 19.7 Å². The largest absolute Gasteiger partial charge is 0.451 e. The van der Waals surface area contributed by atoms with Crippen molar-refractivity contribution in [2.45, 2.75) is 33.8 Å². The predicted octanol–water partition coefficient (Wildman–Crippen LogP) is 4.05. The number of ether oxygens (including phenoxy) is 1. The van der Waals surface area contributed by atoms with Gasteiger partial charge in [0.05, 0.1) is 11.3 Å².